The first kappa shape index (κ1) is 14.2. The van der Waals surface area contributed by atoms with Crippen molar-refractivity contribution in [2.45, 2.75) is 31.3 Å². The number of benzene rings is 1. The van der Waals surface area contributed by atoms with Crippen LogP contribution in [0, 0.1) is 0 Å². The molecule has 0 unspecified atom stereocenters. The Hall–Kier alpha value is -1.19. The van der Waals surface area contributed by atoms with Gasteiger partial charge in [-0.25, -0.2) is 0 Å². The second-order valence-electron chi connectivity index (χ2n) is 4.53. The quantitative estimate of drug-likeness (QED) is 0.583. The maximum Gasteiger partial charge on any atom is 0.0359 e. The number of thioether (sulfide) groups is 1. The van der Waals surface area contributed by atoms with Gasteiger partial charge in [0.2, 0.25) is 0 Å². The van der Waals surface area contributed by atoms with E-state index in [-0.39, 0.29) is 0 Å². The minimum absolute atomic E-state index is 0.961. The van der Waals surface area contributed by atoms with Crippen molar-refractivity contribution in [3.63, 3.8) is 0 Å². The highest BCUT2D eigenvalue weighted by atomic mass is 32.2. The molecule has 2 rings (SSSR count). The van der Waals surface area contributed by atoms with E-state index in [0.717, 1.165) is 25.4 Å². The Kier molecular flexibility index (Phi) is 6.05. The molecule has 1 heterocycles. The molecule has 2 nitrogen and oxygen atoms in total. The van der Waals surface area contributed by atoms with Gasteiger partial charge in [0.25, 0.3) is 0 Å². The normalized spacial score (nSPS) is 10.8. The smallest absolute Gasteiger partial charge is 0.0359 e. The van der Waals surface area contributed by atoms with Gasteiger partial charge in [-0.1, -0.05) is 25.1 Å². The van der Waals surface area contributed by atoms with Crippen molar-refractivity contribution < 1.29 is 0 Å². The van der Waals surface area contributed by atoms with Crippen LogP contribution in [0.4, 0.5) is 0 Å². The van der Waals surface area contributed by atoms with E-state index in [9.17, 15) is 0 Å². The van der Waals surface area contributed by atoms with Gasteiger partial charge >= 0.3 is 0 Å². The summed E-state index contributed by atoms with van der Waals surface area (Å²) in [6.45, 7) is 5.33. The molecule has 102 valence electrons. The lowest BCUT2D eigenvalue weighted by Gasteiger charge is -2.09. The zero-order valence-corrected chi connectivity index (χ0v) is 12.3. The van der Waals surface area contributed by atoms with E-state index >= 15 is 0 Å². The number of rotatable bonds is 8. The molecule has 2 aromatic rings. The summed E-state index contributed by atoms with van der Waals surface area (Å²) in [6.07, 6.45) is 3.35. The van der Waals surface area contributed by atoms with E-state index < -0.39 is 0 Å². The van der Waals surface area contributed by atoms with E-state index in [1.54, 1.807) is 0 Å². The number of aryl methyl sites for hydroxylation is 1. The molecular formula is C16H22N2S. The third kappa shape index (κ3) is 4.77. The van der Waals surface area contributed by atoms with E-state index in [1.165, 1.54) is 17.0 Å². The van der Waals surface area contributed by atoms with Crippen LogP contribution >= 0.6 is 11.8 Å². The molecule has 0 spiro atoms. The van der Waals surface area contributed by atoms with Gasteiger partial charge in [0.15, 0.2) is 0 Å². The first-order valence-corrected chi connectivity index (χ1v) is 7.91. The summed E-state index contributed by atoms with van der Waals surface area (Å²) in [4.78, 5) is 1.35. The predicted molar refractivity (Wildman–Crippen MR) is 83.6 cm³/mol. The molecule has 3 heteroatoms. The Balaban J connectivity index is 1.65. The molecular weight excluding hydrogens is 252 g/mol. The van der Waals surface area contributed by atoms with Crippen molar-refractivity contribution in [1.29, 1.82) is 0 Å². The third-order valence-electron chi connectivity index (χ3n) is 2.98. The summed E-state index contributed by atoms with van der Waals surface area (Å²) in [5.41, 5.74) is 1.38. The molecule has 1 N–H and O–H groups in total. The largest absolute Gasteiger partial charge is 0.350 e. The Morgan fingerprint density at radius 3 is 2.74 bits per heavy atom. The Morgan fingerprint density at radius 2 is 1.95 bits per heavy atom. The Morgan fingerprint density at radius 1 is 1.11 bits per heavy atom. The topological polar surface area (TPSA) is 17.0 Å². The molecule has 0 atom stereocenters. The van der Waals surface area contributed by atoms with Crippen molar-refractivity contribution in [2.75, 3.05) is 12.3 Å². The highest BCUT2D eigenvalue weighted by molar-refractivity contribution is 7.99. The molecule has 1 aromatic heterocycles. The highest BCUT2D eigenvalue weighted by Crippen LogP contribution is 2.15. The fraction of sp³-hybridized carbons (Fsp3) is 0.375. The van der Waals surface area contributed by atoms with Crippen LogP contribution < -0.4 is 5.32 Å². The zero-order valence-electron chi connectivity index (χ0n) is 11.5. The van der Waals surface area contributed by atoms with Gasteiger partial charge in [-0.3, -0.25) is 0 Å². The fourth-order valence-corrected chi connectivity index (χ4v) is 2.87. The van der Waals surface area contributed by atoms with Crippen molar-refractivity contribution in [3.05, 3.63) is 54.4 Å². The second-order valence-corrected chi connectivity index (χ2v) is 5.70. The Bertz CT molecular complexity index is 465. The summed E-state index contributed by atoms with van der Waals surface area (Å²) in [5, 5.41) is 3.52. The number of hydrogen-bond acceptors (Lipinski definition) is 2. The summed E-state index contributed by atoms with van der Waals surface area (Å²) < 4.78 is 2.33. The lowest BCUT2D eigenvalue weighted by atomic mass is 10.4. The monoisotopic (exact) mass is 274 g/mol. The van der Waals surface area contributed by atoms with Gasteiger partial charge in [0.1, 0.15) is 0 Å². The molecule has 0 aliphatic rings. The van der Waals surface area contributed by atoms with Gasteiger partial charge in [-0.15, -0.1) is 11.8 Å². The van der Waals surface area contributed by atoms with E-state index in [1.807, 2.05) is 11.8 Å². The van der Waals surface area contributed by atoms with Crippen LogP contribution in [0.5, 0.6) is 0 Å². The molecule has 0 saturated carbocycles. The molecule has 0 amide bonds. The van der Waals surface area contributed by atoms with Crippen LogP contribution in [0.25, 0.3) is 0 Å². The Labute approximate surface area is 120 Å². The van der Waals surface area contributed by atoms with Crippen LogP contribution in [0.2, 0.25) is 0 Å². The minimum atomic E-state index is 0.961. The van der Waals surface area contributed by atoms with Gasteiger partial charge < -0.3 is 9.88 Å². The maximum absolute atomic E-state index is 3.52. The second kappa shape index (κ2) is 8.08. The summed E-state index contributed by atoms with van der Waals surface area (Å²) in [6, 6.07) is 14.9. The zero-order chi connectivity index (χ0) is 13.3. The third-order valence-corrected chi connectivity index (χ3v) is 4.00. The first-order chi connectivity index (χ1) is 9.40. The number of aromatic nitrogens is 1. The van der Waals surface area contributed by atoms with Crippen LogP contribution in [0.3, 0.4) is 0 Å². The highest BCUT2D eigenvalue weighted by Gasteiger charge is 1.99. The molecule has 0 saturated heterocycles. The molecule has 0 aliphatic carbocycles. The summed E-state index contributed by atoms with van der Waals surface area (Å²) in [5.74, 6) is 1.11. The number of nitrogens with one attached hydrogen (secondary N) is 1. The van der Waals surface area contributed by atoms with Gasteiger partial charge in [0, 0.05) is 42.2 Å². The SMILES string of the molecule is CCCn1cccc1CNCCSc1ccccc1. The predicted octanol–water partition coefficient (Wildman–Crippen LogP) is 3.78. The van der Waals surface area contributed by atoms with Gasteiger partial charge in [0.05, 0.1) is 0 Å². The standard InChI is InChI=1S/C16H22N2S/c1-2-11-18-12-6-7-15(18)14-17-10-13-19-16-8-4-3-5-9-16/h3-9,12,17H,2,10-11,13-14H2,1H3. The number of hydrogen-bond donors (Lipinski definition) is 1. The van der Waals surface area contributed by atoms with Crippen molar-refractivity contribution in [1.82, 2.24) is 9.88 Å². The van der Waals surface area contributed by atoms with Crippen LogP contribution in [-0.2, 0) is 13.1 Å². The van der Waals surface area contributed by atoms with Gasteiger partial charge in [-0.2, -0.15) is 0 Å². The molecule has 0 aliphatic heterocycles. The van der Waals surface area contributed by atoms with E-state index in [0.29, 0.717) is 0 Å². The lowest BCUT2D eigenvalue weighted by molar-refractivity contribution is 0.614. The molecule has 19 heavy (non-hydrogen) atoms. The van der Waals surface area contributed by atoms with E-state index in [4.69, 9.17) is 0 Å². The average Bonchev–Trinajstić information content (AvgIpc) is 2.88. The fourth-order valence-electron chi connectivity index (χ4n) is 2.04. The van der Waals surface area contributed by atoms with Crippen molar-refractivity contribution >= 4 is 11.8 Å². The summed E-state index contributed by atoms with van der Waals surface area (Å²) >= 11 is 1.90. The average molecular weight is 274 g/mol. The molecule has 0 radical (unpaired) electrons. The molecule has 1 aromatic carbocycles. The van der Waals surface area contributed by atoms with Gasteiger partial charge in [-0.05, 0) is 30.7 Å². The first-order valence-electron chi connectivity index (χ1n) is 6.92. The van der Waals surface area contributed by atoms with Crippen molar-refractivity contribution in [2.24, 2.45) is 0 Å². The maximum atomic E-state index is 3.52. The van der Waals surface area contributed by atoms with Crippen LogP contribution in [0.1, 0.15) is 19.0 Å². The number of nitrogens with zero attached hydrogens (tertiary/aromatic N) is 1. The molecule has 0 bridgehead atoms. The van der Waals surface area contributed by atoms with Crippen LogP contribution in [-0.4, -0.2) is 16.9 Å². The summed E-state index contributed by atoms with van der Waals surface area (Å²) in [7, 11) is 0. The lowest BCUT2D eigenvalue weighted by Crippen LogP contribution is -2.18. The van der Waals surface area contributed by atoms with Crippen molar-refractivity contribution in [3.8, 4) is 0 Å². The molecule has 0 fully saturated rings. The van der Waals surface area contributed by atoms with E-state index in [2.05, 4.69) is 65.5 Å². The van der Waals surface area contributed by atoms with Crippen LogP contribution in [0.15, 0.2) is 53.6 Å². The minimum Gasteiger partial charge on any atom is -0.350 e.